The molecule has 0 bridgehead atoms. The van der Waals surface area contributed by atoms with Gasteiger partial charge in [0.2, 0.25) is 0 Å². The normalized spacial score (nSPS) is 26.0. The van der Waals surface area contributed by atoms with Crippen LogP contribution in [0.15, 0.2) is 36.4 Å². The van der Waals surface area contributed by atoms with Crippen LogP contribution in [0.3, 0.4) is 0 Å². The van der Waals surface area contributed by atoms with Crippen LogP contribution in [0, 0.1) is 12.8 Å². The number of aliphatic hydroxyl groups excluding tert-OH is 1. The zero-order valence-corrected chi connectivity index (χ0v) is 12.9. The molecule has 1 aliphatic carbocycles. The van der Waals surface area contributed by atoms with Gasteiger partial charge in [-0.1, -0.05) is 30.3 Å². The van der Waals surface area contributed by atoms with Crippen molar-refractivity contribution >= 4 is 0 Å². The van der Waals surface area contributed by atoms with Crippen molar-refractivity contribution in [2.75, 3.05) is 0 Å². The van der Waals surface area contributed by atoms with E-state index in [9.17, 15) is 5.11 Å². The molecule has 1 fully saturated rings. The van der Waals surface area contributed by atoms with E-state index in [1.807, 2.05) is 18.7 Å². The van der Waals surface area contributed by atoms with Crippen molar-refractivity contribution in [3.8, 4) is 0 Å². The highest BCUT2D eigenvalue weighted by atomic mass is 16.3. The number of rotatable bonds is 3. The second-order valence-electron chi connectivity index (χ2n) is 6.35. The van der Waals surface area contributed by atoms with Crippen molar-refractivity contribution < 1.29 is 5.11 Å². The Bertz CT molecular complexity index is 591. The number of nitrogens with zero attached hydrogens (tertiary/aromatic N) is 2. The Hall–Kier alpha value is -1.61. The summed E-state index contributed by atoms with van der Waals surface area (Å²) in [5, 5.41) is 14.8. The Morgan fingerprint density at radius 2 is 2.00 bits per heavy atom. The van der Waals surface area contributed by atoms with E-state index in [0.29, 0.717) is 11.8 Å². The summed E-state index contributed by atoms with van der Waals surface area (Å²) in [6.07, 6.45) is 3.80. The predicted octanol–water partition coefficient (Wildman–Crippen LogP) is 3.22. The summed E-state index contributed by atoms with van der Waals surface area (Å²) in [6, 6.07) is 12.9. The average molecular weight is 284 g/mol. The third-order valence-corrected chi connectivity index (χ3v) is 4.78. The van der Waals surface area contributed by atoms with Gasteiger partial charge in [0.05, 0.1) is 11.8 Å². The maximum absolute atomic E-state index is 10.4. The quantitative estimate of drug-likeness (QED) is 0.940. The molecule has 1 N–H and O–H groups in total. The largest absolute Gasteiger partial charge is 0.393 e. The molecule has 1 saturated carbocycles. The number of aromatic nitrogens is 2. The molecule has 1 aromatic carbocycles. The Labute approximate surface area is 126 Å². The molecule has 3 unspecified atom stereocenters. The summed E-state index contributed by atoms with van der Waals surface area (Å²) in [7, 11) is 1.99. The molecule has 2 aromatic rings. The van der Waals surface area contributed by atoms with Crippen LogP contribution in [-0.2, 0) is 13.5 Å². The van der Waals surface area contributed by atoms with E-state index in [4.69, 9.17) is 0 Å². The van der Waals surface area contributed by atoms with Gasteiger partial charge in [0.1, 0.15) is 0 Å². The van der Waals surface area contributed by atoms with Crippen LogP contribution in [0.4, 0.5) is 0 Å². The molecular formula is C18H24N2O. The Morgan fingerprint density at radius 3 is 2.67 bits per heavy atom. The lowest BCUT2D eigenvalue weighted by molar-refractivity contribution is 0.0610. The lowest BCUT2D eigenvalue weighted by Crippen LogP contribution is -2.30. The molecule has 112 valence electrons. The second-order valence-corrected chi connectivity index (χ2v) is 6.35. The number of aryl methyl sites for hydroxylation is 2. The molecule has 3 atom stereocenters. The molecule has 0 saturated heterocycles. The van der Waals surface area contributed by atoms with Gasteiger partial charge in [0.15, 0.2) is 0 Å². The lowest BCUT2D eigenvalue weighted by atomic mass is 9.75. The third-order valence-electron chi connectivity index (χ3n) is 4.78. The molecule has 21 heavy (non-hydrogen) atoms. The van der Waals surface area contributed by atoms with Crippen LogP contribution in [-0.4, -0.2) is 21.0 Å². The van der Waals surface area contributed by atoms with E-state index in [1.165, 1.54) is 11.3 Å². The first-order chi connectivity index (χ1) is 10.1. The molecule has 1 aliphatic rings. The van der Waals surface area contributed by atoms with Crippen LogP contribution in [0.1, 0.15) is 42.1 Å². The number of aliphatic hydroxyl groups is 1. The highest BCUT2D eigenvalue weighted by Crippen LogP contribution is 2.37. The highest BCUT2D eigenvalue weighted by Gasteiger charge is 2.30. The minimum Gasteiger partial charge on any atom is -0.393 e. The van der Waals surface area contributed by atoms with Crippen LogP contribution in [0.25, 0.3) is 0 Å². The fourth-order valence-electron chi connectivity index (χ4n) is 3.62. The van der Waals surface area contributed by atoms with Crippen molar-refractivity contribution in [2.45, 2.75) is 44.6 Å². The van der Waals surface area contributed by atoms with Crippen LogP contribution >= 0.6 is 0 Å². The summed E-state index contributed by atoms with van der Waals surface area (Å²) >= 11 is 0. The molecular weight excluding hydrogens is 260 g/mol. The molecule has 0 spiro atoms. The molecule has 3 heteroatoms. The molecule has 3 nitrogen and oxygen atoms in total. The summed E-state index contributed by atoms with van der Waals surface area (Å²) in [4.78, 5) is 0. The minimum absolute atomic E-state index is 0.180. The van der Waals surface area contributed by atoms with E-state index in [1.54, 1.807) is 0 Å². The topological polar surface area (TPSA) is 38.0 Å². The molecule has 1 aromatic heterocycles. The summed E-state index contributed by atoms with van der Waals surface area (Å²) in [5.74, 6) is 0.910. The number of benzene rings is 1. The first-order valence-corrected chi connectivity index (χ1v) is 7.86. The monoisotopic (exact) mass is 284 g/mol. The predicted molar refractivity (Wildman–Crippen MR) is 84.2 cm³/mol. The van der Waals surface area contributed by atoms with Crippen LogP contribution in [0.5, 0.6) is 0 Å². The fourth-order valence-corrected chi connectivity index (χ4v) is 3.62. The van der Waals surface area contributed by atoms with Crippen molar-refractivity contribution in [2.24, 2.45) is 13.0 Å². The smallest absolute Gasteiger partial charge is 0.0596 e. The van der Waals surface area contributed by atoms with E-state index >= 15 is 0 Å². The molecule has 1 heterocycles. The zero-order valence-electron chi connectivity index (χ0n) is 12.9. The van der Waals surface area contributed by atoms with Gasteiger partial charge in [-0.2, -0.15) is 5.10 Å². The van der Waals surface area contributed by atoms with Gasteiger partial charge in [0.25, 0.3) is 0 Å². The maximum atomic E-state index is 10.4. The lowest BCUT2D eigenvalue weighted by Gasteiger charge is -2.33. The van der Waals surface area contributed by atoms with Gasteiger partial charge in [-0.25, -0.2) is 0 Å². The van der Waals surface area contributed by atoms with E-state index in [-0.39, 0.29) is 6.10 Å². The van der Waals surface area contributed by atoms with Crippen LogP contribution < -0.4 is 0 Å². The summed E-state index contributed by atoms with van der Waals surface area (Å²) in [6.45, 7) is 2.02. The van der Waals surface area contributed by atoms with Gasteiger partial charge in [-0.15, -0.1) is 0 Å². The number of hydrogen-bond donors (Lipinski definition) is 1. The summed E-state index contributed by atoms with van der Waals surface area (Å²) < 4.78 is 1.95. The van der Waals surface area contributed by atoms with Gasteiger partial charge in [0, 0.05) is 12.7 Å². The van der Waals surface area contributed by atoms with Gasteiger partial charge >= 0.3 is 0 Å². The minimum atomic E-state index is -0.180. The standard InChI is InChI=1S/C18H24N2O/c1-13-10-17(20(2)19-13)12-16-11-15(8-9-18(16)21)14-6-4-3-5-7-14/h3-7,10,15-16,18,21H,8-9,11-12H2,1-2H3. The van der Waals surface area contributed by atoms with Crippen molar-refractivity contribution in [3.63, 3.8) is 0 Å². The van der Waals surface area contributed by atoms with Gasteiger partial charge in [-0.3, -0.25) is 4.68 Å². The van der Waals surface area contributed by atoms with E-state index in [2.05, 4.69) is 41.5 Å². The SMILES string of the molecule is Cc1cc(CC2CC(c3ccccc3)CCC2O)n(C)n1. The zero-order chi connectivity index (χ0) is 14.8. The Kier molecular flexibility index (Phi) is 4.11. The fraction of sp³-hybridized carbons (Fsp3) is 0.500. The van der Waals surface area contributed by atoms with Crippen molar-refractivity contribution in [1.29, 1.82) is 0 Å². The maximum Gasteiger partial charge on any atom is 0.0596 e. The van der Waals surface area contributed by atoms with Gasteiger partial charge < -0.3 is 5.11 Å². The molecule has 0 amide bonds. The van der Waals surface area contributed by atoms with E-state index < -0.39 is 0 Å². The highest BCUT2D eigenvalue weighted by molar-refractivity contribution is 5.21. The van der Waals surface area contributed by atoms with Gasteiger partial charge in [-0.05, 0) is 56.1 Å². The molecule has 0 aliphatic heterocycles. The van der Waals surface area contributed by atoms with Crippen molar-refractivity contribution in [3.05, 3.63) is 53.3 Å². The van der Waals surface area contributed by atoms with Crippen LogP contribution in [0.2, 0.25) is 0 Å². The molecule has 3 rings (SSSR count). The van der Waals surface area contributed by atoms with Crippen molar-refractivity contribution in [1.82, 2.24) is 9.78 Å². The third kappa shape index (κ3) is 3.18. The Balaban J connectivity index is 1.73. The Morgan fingerprint density at radius 1 is 1.24 bits per heavy atom. The number of hydrogen-bond acceptors (Lipinski definition) is 2. The average Bonchev–Trinajstić information content (AvgIpc) is 2.80. The first-order valence-electron chi connectivity index (χ1n) is 7.86. The summed E-state index contributed by atoms with van der Waals surface area (Å²) in [5.41, 5.74) is 3.69. The van der Waals surface area contributed by atoms with E-state index in [0.717, 1.165) is 31.4 Å². The molecule has 0 radical (unpaired) electrons. The second kappa shape index (κ2) is 6.02. The first kappa shape index (κ1) is 14.3.